The number of aromatic nitrogens is 1. The lowest BCUT2D eigenvalue weighted by Crippen LogP contribution is -2.59. The van der Waals surface area contributed by atoms with Gasteiger partial charge in [-0.25, -0.2) is 0 Å². The second kappa shape index (κ2) is 15.3. The van der Waals surface area contributed by atoms with Crippen molar-refractivity contribution in [2.24, 2.45) is 0 Å². The predicted molar refractivity (Wildman–Crippen MR) is 319 cm³/mol. The van der Waals surface area contributed by atoms with E-state index in [1.165, 1.54) is 44.1 Å². The molecule has 3 aromatic heterocycles. The molecule has 0 saturated heterocycles. The molecule has 2 aliphatic heterocycles. The number of hydrogen-bond acceptors (Lipinski definition) is 4. The second-order valence-electron chi connectivity index (χ2n) is 25.5. The normalized spacial score (nSPS) is 15.7. The fourth-order valence-electron chi connectivity index (χ4n) is 13.5. The third kappa shape index (κ3) is 6.39. The van der Waals surface area contributed by atoms with Crippen LogP contribution in [0.3, 0.4) is 0 Å². The molecule has 0 unspecified atom stereocenters. The minimum Gasteiger partial charge on any atom is -0.458 e. The third-order valence-corrected chi connectivity index (χ3v) is 17.8. The van der Waals surface area contributed by atoms with Gasteiger partial charge in [-0.15, -0.1) is 0 Å². The van der Waals surface area contributed by atoms with Crippen LogP contribution in [0.1, 0.15) is 104 Å². The van der Waals surface area contributed by atoms with Gasteiger partial charge in [0.05, 0.1) is 16.7 Å². The minimum atomic E-state index is -0.283. The van der Waals surface area contributed by atoms with Crippen molar-refractivity contribution in [2.45, 2.75) is 104 Å². The molecule has 6 heteroatoms. The summed E-state index contributed by atoms with van der Waals surface area (Å²) in [5, 5.41) is 6.80. The molecule has 0 radical (unpaired) electrons. The van der Waals surface area contributed by atoms with Crippen molar-refractivity contribution in [1.82, 2.24) is 4.57 Å². The third-order valence-electron chi connectivity index (χ3n) is 17.8. The Morgan fingerprint density at radius 2 is 1.05 bits per heavy atom. The van der Waals surface area contributed by atoms with Crippen LogP contribution in [0.5, 0.6) is 11.5 Å². The lowest BCUT2D eigenvalue weighted by Gasteiger charge is -2.44. The molecule has 15 rings (SSSR count). The van der Waals surface area contributed by atoms with E-state index in [1.54, 1.807) is 0 Å². The molecule has 0 atom stereocenters. The first-order valence-corrected chi connectivity index (χ1v) is 27.3. The average Bonchev–Trinajstić information content (AvgIpc) is 4.21. The highest BCUT2D eigenvalue weighted by atomic mass is 16.5. The molecule has 372 valence electrons. The van der Waals surface area contributed by atoms with Crippen LogP contribution >= 0.6 is 0 Å². The zero-order valence-corrected chi connectivity index (χ0v) is 45.2. The first-order chi connectivity index (χ1) is 36.4. The van der Waals surface area contributed by atoms with Gasteiger partial charge < -0.3 is 23.0 Å². The van der Waals surface area contributed by atoms with Crippen LogP contribution in [-0.2, 0) is 21.7 Å². The number of anilines is 3. The Kier molecular flexibility index (Phi) is 9.18. The van der Waals surface area contributed by atoms with E-state index in [1.807, 2.05) is 0 Å². The van der Waals surface area contributed by atoms with Crippen LogP contribution in [0.4, 0.5) is 17.1 Å². The minimum absolute atomic E-state index is 0.00670. The molecular weight excluding hydrogens is 928 g/mol. The SMILES string of the molecule is CC(C)(C)c1ccc2c(c1)c1cc(C(C)(C)C)ccc1n2-c1ccc2c(c1)Oc1cc(-c3ccccc3)cc3c1B2c1c(c2oc4ccccc4c2c2c1oc1ccccc12)N3c1ccc2c(c1)C(C)(C)CCC2(C)C. The number of hydrogen-bond donors (Lipinski definition) is 0. The van der Waals surface area contributed by atoms with Gasteiger partial charge in [0.25, 0.3) is 6.71 Å². The summed E-state index contributed by atoms with van der Waals surface area (Å²) in [7, 11) is 0. The molecular formula is C70H61BN2O3. The summed E-state index contributed by atoms with van der Waals surface area (Å²) in [6.45, 7) is 23.2. The maximum atomic E-state index is 7.54. The van der Waals surface area contributed by atoms with Crippen molar-refractivity contribution < 1.29 is 13.6 Å². The Hall–Kier alpha value is -7.96. The maximum Gasteiger partial charge on any atom is 0.261 e. The van der Waals surface area contributed by atoms with Gasteiger partial charge in [-0.05, 0) is 146 Å². The highest BCUT2D eigenvalue weighted by molar-refractivity contribution is 7.01. The smallest absolute Gasteiger partial charge is 0.261 e. The molecule has 1 aliphatic carbocycles. The molecule has 76 heavy (non-hydrogen) atoms. The first kappa shape index (κ1) is 45.4. The zero-order valence-electron chi connectivity index (χ0n) is 45.2. The van der Waals surface area contributed by atoms with Gasteiger partial charge in [-0.3, -0.25) is 0 Å². The molecule has 0 bridgehead atoms. The van der Waals surface area contributed by atoms with Gasteiger partial charge in [0.2, 0.25) is 0 Å². The first-order valence-electron chi connectivity index (χ1n) is 27.3. The van der Waals surface area contributed by atoms with E-state index in [0.29, 0.717) is 0 Å². The Balaban J connectivity index is 1.06. The van der Waals surface area contributed by atoms with E-state index in [0.717, 1.165) is 118 Å². The monoisotopic (exact) mass is 988 g/mol. The molecule has 0 saturated carbocycles. The Morgan fingerprint density at radius 3 is 1.70 bits per heavy atom. The Bertz CT molecular complexity index is 4400. The van der Waals surface area contributed by atoms with Crippen LogP contribution in [0.2, 0.25) is 0 Å². The number of fused-ring (bicyclic) bond motifs is 17. The summed E-state index contributed by atoms with van der Waals surface area (Å²) in [5.41, 5.74) is 20.9. The summed E-state index contributed by atoms with van der Waals surface area (Å²) in [6, 6.07) is 60.8. The second-order valence-corrected chi connectivity index (χ2v) is 25.5. The maximum absolute atomic E-state index is 7.54. The van der Waals surface area contributed by atoms with Crippen LogP contribution in [0.15, 0.2) is 173 Å². The molecule has 12 aromatic rings. The fraction of sp³-hybridized carbons (Fsp3) is 0.229. The quantitative estimate of drug-likeness (QED) is 0.165. The molecule has 0 fully saturated rings. The van der Waals surface area contributed by atoms with Crippen molar-refractivity contribution in [3.63, 3.8) is 0 Å². The van der Waals surface area contributed by atoms with Crippen LogP contribution in [0.25, 0.3) is 82.5 Å². The predicted octanol–water partition coefficient (Wildman–Crippen LogP) is 17.6. The molecule has 0 spiro atoms. The van der Waals surface area contributed by atoms with Gasteiger partial charge in [0.1, 0.15) is 28.2 Å². The van der Waals surface area contributed by atoms with Gasteiger partial charge in [0, 0.05) is 60.9 Å². The number of furan rings is 2. The van der Waals surface area contributed by atoms with E-state index in [-0.39, 0.29) is 28.4 Å². The van der Waals surface area contributed by atoms with Gasteiger partial charge in [-0.1, -0.05) is 160 Å². The fourth-order valence-corrected chi connectivity index (χ4v) is 13.5. The van der Waals surface area contributed by atoms with Crippen molar-refractivity contribution >= 4 is 106 Å². The van der Waals surface area contributed by atoms with E-state index >= 15 is 0 Å². The van der Waals surface area contributed by atoms with Crippen LogP contribution in [0, 0.1) is 0 Å². The molecule has 5 nitrogen and oxygen atoms in total. The number of para-hydroxylation sites is 2. The summed E-state index contributed by atoms with van der Waals surface area (Å²) in [6.07, 6.45) is 2.25. The number of rotatable bonds is 3. The molecule has 9 aromatic carbocycles. The van der Waals surface area contributed by atoms with E-state index in [2.05, 4.69) is 242 Å². The highest BCUT2D eigenvalue weighted by Crippen LogP contribution is 2.53. The van der Waals surface area contributed by atoms with Gasteiger partial charge >= 0.3 is 0 Å². The lowest BCUT2D eigenvalue weighted by atomic mass is 9.34. The average molecular weight is 989 g/mol. The Morgan fingerprint density at radius 1 is 0.474 bits per heavy atom. The number of nitrogens with zero attached hydrogens (tertiary/aromatic N) is 2. The largest absolute Gasteiger partial charge is 0.458 e. The number of ether oxygens (including phenoxy) is 1. The lowest BCUT2D eigenvalue weighted by molar-refractivity contribution is 0.332. The van der Waals surface area contributed by atoms with Crippen molar-refractivity contribution in [3.05, 3.63) is 186 Å². The van der Waals surface area contributed by atoms with Gasteiger partial charge in [-0.2, -0.15) is 0 Å². The topological polar surface area (TPSA) is 43.7 Å². The van der Waals surface area contributed by atoms with Crippen LogP contribution in [-0.4, -0.2) is 11.3 Å². The van der Waals surface area contributed by atoms with E-state index in [9.17, 15) is 0 Å². The summed E-state index contributed by atoms with van der Waals surface area (Å²) in [4.78, 5) is 2.50. The summed E-state index contributed by atoms with van der Waals surface area (Å²) in [5.74, 6) is 1.66. The van der Waals surface area contributed by atoms with Gasteiger partial charge in [0.15, 0.2) is 5.58 Å². The standard InChI is InChI=1S/C70H61BN2O3/c1-67(2,3)42-24-30-53-48(36-42)49-37-43(68(4,5)6)25-31-54(49)72(53)45-27-29-52-58(39-45)74-59-35-41(40-18-12-11-13-19-40)34-55-62(59)71(52)63-64(73(55)44-26-28-50-51(38-44)70(9,10)33-32-69(50,7)8)66-61(47-21-15-17-23-57(47)76-66)60-46-20-14-16-22-56(46)75-65(60)63/h11-31,34-39H,32-33H2,1-10H3. The van der Waals surface area contributed by atoms with Crippen molar-refractivity contribution in [1.29, 1.82) is 0 Å². The molecule has 0 amide bonds. The Labute approximate surface area is 444 Å². The summed E-state index contributed by atoms with van der Waals surface area (Å²) < 4.78 is 24.7. The van der Waals surface area contributed by atoms with Crippen LogP contribution < -0.4 is 26.0 Å². The van der Waals surface area contributed by atoms with E-state index < -0.39 is 0 Å². The van der Waals surface area contributed by atoms with E-state index in [4.69, 9.17) is 13.6 Å². The summed E-state index contributed by atoms with van der Waals surface area (Å²) >= 11 is 0. The molecule has 5 heterocycles. The zero-order chi connectivity index (χ0) is 51.9. The number of benzene rings is 9. The van der Waals surface area contributed by atoms with Crippen molar-refractivity contribution in [2.75, 3.05) is 4.90 Å². The molecule has 0 N–H and O–H groups in total. The highest BCUT2D eigenvalue weighted by Gasteiger charge is 2.47. The molecule has 3 aliphatic rings. The van der Waals surface area contributed by atoms with Crippen molar-refractivity contribution in [3.8, 4) is 28.3 Å².